The van der Waals surface area contributed by atoms with Gasteiger partial charge in [-0.1, -0.05) is 39.3 Å². The van der Waals surface area contributed by atoms with Gasteiger partial charge in [-0.3, -0.25) is 0 Å². The summed E-state index contributed by atoms with van der Waals surface area (Å²) in [4.78, 5) is 0. The van der Waals surface area contributed by atoms with Crippen LogP contribution in [0.15, 0.2) is 0 Å². The first-order valence-electron chi connectivity index (χ1n) is 8.69. The van der Waals surface area contributed by atoms with Crippen molar-refractivity contribution in [1.29, 1.82) is 0 Å². The molecule has 0 saturated carbocycles. The van der Waals surface area contributed by atoms with Crippen LogP contribution < -0.4 is 0 Å². The van der Waals surface area contributed by atoms with Gasteiger partial charge in [0.1, 0.15) is 16.5 Å². The minimum Gasteiger partial charge on any atom is -0.377 e. The second kappa shape index (κ2) is 8.22. The van der Waals surface area contributed by atoms with Crippen molar-refractivity contribution in [2.24, 2.45) is 0 Å². The maximum Gasteiger partial charge on any atom is 0.500 e. The monoisotopic (exact) mass is 378 g/mol. The highest BCUT2D eigenvalue weighted by Gasteiger charge is 2.44. The second-order valence-electron chi connectivity index (χ2n) is 8.40. The molecule has 0 atom stereocenters. The van der Waals surface area contributed by atoms with E-state index < -0.39 is 25.3 Å². The molecule has 0 N–H and O–H groups in total. The highest BCUT2D eigenvalue weighted by Crippen LogP contribution is 2.31. The zero-order chi connectivity index (χ0) is 17.9. The van der Waals surface area contributed by atoms with Crippen LogP contribution in [0.5, 0.6) is 0 Å². The summed E-state index contributed by atoms with van der Waals surface area (Å²) in [5.41, 5.74) is 0. The summed E-state index contributed by atoms with van der Waals surface area (Å²) < 4.78 is 22.3. The van der Waals surface area contributed by atoms with Gasteiger partial charge in [-0.15, -0.1) is 0 Å². The van der Waals surface area contributed by atoms with Crippen LogP contribution in [0, 0.1) is 0 Å². The molecule has 1 aliphatic rings. The van der Waals surface area contributed by atoms with Gasteiger partial charge in [0, 0.05) is 40.5 Å². The van der Waals surface area contributed by atoms with Gasteiger partial charge in [-0.25, -0.2) is 0 Å². The van der Waals surface area contributed by atoms with Crippen LogP contribution in [0.1, 0.15) is 12.8 Å². The summed E-state index contributed by atoms with van der Waals surface area (Å²) in [5.74, 6) is 0. The molecule has 0 amide bonds. The van der Waals surface area contributed by atoms with Crippen LogP contribution in [0.2, 0.25) is 45.3 Å². The van der Waals surface area contributed by atoms with E-state index in [-0.39, 0.29) is 0 Å². The number of hydrogen-bond acceptors (Lipinski definition) is 5. The van der Waals surface area contributed by atoms with Gasteiger partial charge < -0.3 is 22.4 Å². The Labute approximate surface area is 146 Å². The summed E-state index contributed by atoms with van der Waals surface area (Å²) in [7, 11) is 0.0838. The fourth-order valence-electron chi connectivity index (χ4n) is 3.62. The molecule has 0 aromatic heterocycles. The quantitative estimate of drug-likeness (QED) is 0.575. The molecule has 0 aliphatic carbocycles. The molecule has 1 aliphatic heterocycles. The van der Waals surface area contributed by atoms with Crippen LogP contribution in [0.25, 0.3) is 0 Å². The summed E-state index contributed by atoms with van der Waals surface area (Å²) in [6, 6.07) is 0.895. The first kappa shape index (κ1) is 21.5. The third kappa shape index (κ3) is 5.46. The Morgan fingerprint density at radius 2 is 1.17 bits per heavy atom. The Morgan fingerprint density at radius 1 is 0.783 bits per heavy atom. The van der Waals surface area contributed by atoms with E-state index in [0.717, 1.165) is 12.5 Å². The van der Waals surface area contributed by atoms with Crippen LogP contribution in [-0.4, -0.2) is 75.0 Å². The van der Waals surface area contributed by atoms with E-state index in [1.165, 1.54) is 19.5 Å². The van der Waals surface area contributed by atoms with Crippen molar-refractivity contribution < 1.29 is 13.3 Å². The lowest BCUT2D eigenvalue weighted by Crippen LogP contribution is -2.57. The summed E-state index contributed by atoms with van der Waals surface area (Å²) >= 11 is 0. The van der Waals surface area contributed by atoms with Crippen LogP contribution >= 0.6 is 0 Å². The average molecular weight is 379 g/mol. The molecule has 5 nitrogen and oxygen atoms in total. The highest BCUT2D eigenvalue weighted by molar-refractivity contribution is 6.75. The molecule has 138 valence electrons. The van der Waals surface area contributed by atoms with Crippen molar-refractivity contribution in [3.8, 4) is 0 Å². The molecular weight excluding hydrogens is 340 g/mol. The minimum absolute atomic E-state index is 0.589. The molecule has 0 unspecified atom stereocenters. The first-order chi connectivity index (χ1) is 10.5. The molecule has 23 heavy (non-hydrogen) atoms. The second-order valence-corrected chi connectivity index (χ2v) is 21.3. The first-order valence-corrected chi connectivity index (χ1v) is 17.5. The van der Waals surface area contributed by atoms with E-state index in [2.05, 4.69) is 48.4 Å². The van der Waals surface area contributed by atoms with Crippen molar-refractivity contribution in [3.05, 3.63) is 0 Å². The van der Waals surface area contributed by atoms with Gasteiger partial charge in [-0.05, 0) is 12.8 Å². The predicted octanol–water partition coefficient (Wildman–Crippen LogP) is 3.26. The van der Waals surface area contributed by atoms with Gasteiger partial charge in [0.2, 0.25) is 0 Å². The number of nitrogens with zero attached hydrogens (tertiary/aromatic N) is 2. The normalized spacial score (nSPS) is 19.7. The summed E-state index contributed by atoms with van der Waals surface area (Å²) in [6.07, 6.45) is 2.86. The maximum absolute atomic E-state index is 5.57. The molecule has 1 saturated heterocycles. The number of hydrogen-bond donors (Lipinski definition) is 0. The fraction of sp³-hybridized carbons (Fsp3) is 1.00. The van der Waals surface area contributed by atoms with Crippen molar-refractivity contribution in [1.82, 2.24) is 9.13 Å². The molecule has 0 radical (unpaired) electrons. The third-order valence-corrected chi connectivity index (χ3v) is 12.2. The summed E-state index contributed by atoms with van der Waals surface area (Å²) in [5, 5.41) is 0. The van der Waals surface area contributed by atoms with E-state index in [4.69, 9.17) is 13.3 Å². The van der Waals surface area contributed by atoms with E-state index in [1.54, 1.807) is 21.3 Å². The minimum atomic E-state index is -2.44. The zero-order valence-corrected chi connectivity index (χ0v) is 19.7. The van der Waals surface area contributed by atoms with Crippen LogP contribution in [0.3, 0.4) is 0 Å². The van der Waals surface area contributed by atoms with E-state index in [9.17, 15) is 0 Å². The Morgan fingerprint density at radius 3 is 1.48 bits per heavy atom. The van der Waals surface area contributed by atoms with Crippen molar-refractivity contribution in [2.45, 2.75) is 64.3 Å². The van der Waals surface area contributed by atoms with Crippen LogP contribution in [-0.2, 0) is 13.3 Å². The molecule has 1 heterocycles. The Balaban J connectivity index is 2.78. The van der Waals surface area contributed by atoms with E-state index >= 15 is 0 Å². The molecule has 0 bridgehead atoms. The molecule has 8 heteroatoms. The van der Waals surface area contributed by atoms with E-state index in [0.29, 0.717) is 6.17 Å². The largest absolute Gasteiger partial charge is 0.500 e. The Kier molecular flexibility index (Phi) is 7.68. The van der Waals surface area contributed by atoms with E-state index in [1.807, 2.05) is 0 Å². The van der Waals surface area contributed by atoms with Crippen molar-refractivity contribution in [2.75, 3.05) is 34.4 Å². The smallest absolute Gasteiger partial charge is 0.377 e. The summed E-state index contributed by atoms with van der Waals surface area (Å²) in [6.45, 7) is 17.2. The zero-order valence-electron chi connectivity index (χ0n) is 16.7. The third-order valence-electron chi connectivity index (χ3n) is 4.90. The standard InChI is InChI=1S/C15H38N2O3Si3/c1-18-23(19-2,20-3)14-10-11-15-16(21(4,5)6)12-13-17(15)22(7,8)9/h15H,10-14H2,1-9H3. The van der Waals surface area contributed by atoms with Gasteiger partial charge in [0.05, 0.1) is 6.17 Å². The molecule has 0 aromatic rings. The Bertz CT molecular complexity index is 338. The maximum atomic E-state index is 5.57. The van der Waals surface area contributed by atoms with Crippen LogP contribution in [0.4, 0.5) is 0 Å². The average Bonchev–Trinajstić information content (AvgIpc) is 2.88. The lowest BCUT2D eigenvalue weighted by Gasteiger charge is -2.42. The van der Waals surface area contributed by atoms with Crippen molar-refractivity contribution in [3.63, 3.8) is 0 Å². The molecule has 0 aromatic carbocycles. The van der Waals surface area contributed by atoms with Gasteiger partial charge in [-0.2, -0.15) is 0 Å². The molecule has 1 fully saturated rings. The van der Waals surface area contributed by atoms with Gasteiger partial charge in [0.15, 0.2) is 0 Å². The lowest BCUT2D eigenvalue weighted by atomic mass is 10.3. The lowest BCUT2D eigenvalue weighted by molar-refractivity contribution is 0.121. The fourth-order valence-corrected chi connectivity index (χ4v) is 9.35. The molecule has 1 rings (SSSR count). The van der Waals surface area contributed by atoms with Gasteiger partial charge >= 0.3 is 8.80 Å². The molecular formula is C15H38N2O3Si3. The van der Waals surface area contributed by atoms with Crippen molar-refractivity contribution >= 4 is 25.3 Å². The molecule has 0 spiro atoms. The Hall–Kier alpha value is 0.451. The topological polar surface area (TPSA) is 34.2 Å². The highest BCUT2D eigenvalue weighted by atomic mass is 28.4. The SMILES string of the molecule is CO[Si](CCCC1N([Si](C)(C)C)CCN1[Si](C)(C)C)(OC)OC. The number of rotatable bonds is 9. The predicted molar refractivity (Wildman–Crippen MR) is 105 cm³/mol. The van der Waals surface area contributed by atoms with Gasteiger partial charge in [0.25, 0.3) is 0 Å².